The average molecular weight is 413 g/mol. The fourth-order valence-corrected chi connectivity index (χ4v) is 5.48. The molecule has 1 spiro atoms. The largest absolute Gasteiger partial charge is 0.457 e. The van der Waals surface area contributed by atoms with E-state index in [2.05, 4.69) is 94.8 Å². The molecular weight excluding hydrogens is 396 g/mol. The van der Waals surface area contributed by atoms with Crippen LogP contribution >= 0.6 is 15.9 Å². The summed E-state index contributed by atoms with van der Waals surface area (Å²) in [5.41, 5.74) is 7.75. The van der Waals surface area contributed by atoms with Crippen molar-refractivity contribution in [3.63, 3.8) is 0 Å². The predicted octanol–water partition coefficient (Wildman–Crippen LogP) is 6.76. The molecule has 130 valence electrons. The Kier molecular flexibility index (Phi) is 3.13. The molecule has 3 aromatic rings. The maximum absolute atomic E-state index is 6.36. The number of fused-ring (bicyclic) bond motifs is 8. The van der Waals surface area contributed by atoms with Crippen molar-refractivity contribution in [3.05, 3.63) is 111 Å². The topological polar surface area (TPSA) is 9.23 Å². The van der Waals surface area contributed by atoms with Gasteiger partial charge in [0.25, 0.3) is 0 Å². The van der Waals surface area contributed by atoms with Crippen molar-refractivity contribution in [1.82, 2.24) is 0 Å². The first kappa shape index (κ1) is 15.5. The summed E-state index contributed by atoms with van der Waals surface area (Å²) in [6, 6.07) is 24.1. The van der Waals surface area contributed by atoms with Crippen LogP contribution in [-0.2, 0) is 5.41 Å². The van der Waals surface area contributed by atoms with E-state index in [1.807, 2.05) is 0 Å². The number of rotatable bonds is 0. The van der Waals surface area contributed by atoms with Gasteiger partial charge < -0.3 is 4.74 Å². The van der Waals surface area contributed by atoms with Crippen molar-refractivity contribution in [2.24, 2.45) is 0 Å². The van der Waals surface area contributed by atoms with Crippen molar-refractivity contribution in [2.45, 2.75) is 18.3 Å². The Morgan fingerprint density at radius 2 is 1.59 bits per heavy atom. The van der Waals surface area contributed by atoms with Crippen LogP contribution < -0.4 is 4.74 Å². The molecule has 2 heteroatoms. The lowest BCUT2D eigenvalue weighted by Gasteiger charge is -2.41. The minimum atomic E-state index is -0.273. The van der Waals surface area contributed by atoms with Gasteiger partial charge >= 0.3 is 0 Å². The van der Waals surface area contributed by atoms with Crippen LogP contribution in [0.1, 0.15) is 29.5 Å². The summed E-state index contributed by atoms with van der Waals surface area (Å²) in [7, 11) is 0. The molecule has 0 aromatic heterocycles. The summed E-state index contributed by atoms with van der Waals surface area (Å²) in [5, 5.41) is 0. The Bertz CT molecular complexity index is 1170. The standard InChI is InChI=1S/C25H17BrO/c26-16-13-14-18-17-7-1-2-8-19(17)25(22(18)15-16)20-9-3-5-11-23(20)27-24-12-6-4-10-21(24)25/h1-3,5-9,11-15H,4,10H2. The molecule has 2 aliphatic carbocycles. The molecule has 0 radical (unpaired) electrons. The molecule has 1 heterocycles. The zero-order valence-electron chi connectivity index (χ0n) is 14.7. The molecule has 0 saturated carbocycles. The third-order valence-corrected chi connectivity index (χ3v) is 6.59. The highest BCUT2D eigenvalue weighted by molar-refractivity contribution is 9.10. The van der Waals surface area contributed by atoms with Gasteiger partial charge in [-0.1, -0.05) is 70.5 Å². The van der Waals surface area contributed by atoms with Crippen LogP contribution in [-0.4, -0.2) is 0 Å². The fourth-order valence-electron chi connectivity index (χ4n) is 5.12. The van der Waals surface area contributed by atoms with Crippen molar-refractivity contribution < 1.29 is 4.74 Å². The summed E-state index contributed by atoms with van der Waals surface area (Å²) in [6.45, 7) is 0. The van der Waals surface area contributed by atoms with Crippen LogP contribution in [0.25, 0.3) is 11.1 Å². The highest BCUT2D eigenvalue weighted by Gasteiger charge is 2.51. The molecule has 3 aromatic carbocycles. The third kappa shape index (κ3) is 1.89. The van der Waals surface area contributed by atoms with Gasteiger partial charge in [0.2, 0.25) is 0 Å². The normalized spacial score (nSPS) is 21.4. The Balaban J connectivity index is 1.84. The molecular formula is C25H17BrO. The van der Waals surface area contributed by atoms with Crippen molar-refractivity contribution in [2.75, 3.05) is 0 Å². The van der Waals surface area contributed by atoms with Crippen LogP contribution in [0.3, 0.4) is 0 Å². The number of hydrogen-bond acceptors (Lipinski definition) is 1. The molecule has 1 aliphatic heterocycles. The molecule has 0 saturated heterocycles. The lowest BCUT2D eigenvalue weighted by Crippen LogP contribution is -2.35. The van der Waals surface area contributed by atoms with Crippen molar-refractivity contribution >= 4 is 15.9 Å². The quantitative estimate of drug-likeness (QED) is 0.396. The van der Waals surface area contributed by atoms with Crippen LogP contribution in [0.2, 0.25) is 0 Å². The molecule has 0 N–H and O–H groups in total. The molecule has 0 bridgehead atoms. The zero-order valence-corrected chi connectivity index (χ0v) is 16.3. The second kappa shape index (κ2) is 5.46. The van der Waals surface area contributed by atoms with Gasteiger partial charge in [-0.3, -0.25) is 0 Å². The van der Waals surface area contributed by atoms with E-state index in [1.54, 1.807) is 0 Å². The lowest BCUT2D eigenvalue weighted by atomic mass is 9.64. The first-order valence-electron chi connectivity index (χ1n) is 9.37. The van der Waals surface area contributed by atoms with Crippen molar-refractivity contribution in [1.29, 1.82) is 0 Å². The summed E-state index contributed by atoms with van der Waals surface area (Å²) in [4.78, 5) is 0. The molecule has 0 fully saturated rings. The fraction of sp³-hybridized carbons (Fsp3) is 0.120. The van der Waals surface area contributed by atoms with Gasteiger partial charge in [0.1, 0.15) is 11.5 Å². The Labute approximate surface area is 167 Å². The predicted molar refractivity (Wildman–Crippen MR) is 112 cm³/mol. The van der Waals surface area contributed by atoms with Crippen LogP contribution in [0.15, 0.2) is 94.7 Å². The first-order valence-corrected chi connectivity index (χ1v) is 10.2. The molecule has 6 rings (SSSR count). The van der Waals surface area contributed by atoms with Crippen LogP contribution in [0.5, 0.6) is 5.75 Å². The van der Waals surface area contributed by atoms with Crippen LogP contribution in [0, 0.1) is 0 Å². The lowest BCUT2D eigenvalue weighted by molar-refractivity contribution is 0.389. The Morgan fingerprint density at radius 1 is 0.815 bits per heavy atom. The van der Waals surface area contributed by atoms with E-state index in [-0.39, 0.29) is 5.41 Å². The first-order chi connectivity index (χ1) is 13.3. The van der Waals surface area contributed by atoms with E-state index >= 15 is 0 Å². The molecule has 1 nitrogen and oxygen atoms in total. The minimum Gasteiger partial charge on any atom is -0.457 e. The molecule has 3 aliphatic rings. The zero-order chi connectivity index (χ0) is 18.0. The maximum atomic E-state index is 6.36. The molecule has 27 heavy (non-hydrogen) atoms. The van der Waals surface area contributed by atoms with Gasteiger partial charge in [0, 0.05) is 10.0 Å². The second-order valence-electron chi connectivity index (χ2n) is 7.37. The van der Waals surface area contributed by atoms with Gasteiger partial charge in [-0.2, -0.15) is 0 Å². The van der Waals surface area contributed by atoms with E-state index in [1.165, 1.54) is 33.4 Å². The van der Waals surface area contributed by atoms with Gasteiger partial charge in [-0.25, -0.2) is 0 Å². The van der Waals surface area contributed by atoms with E-state index in [9.17, 15) is 0 Å². The highest BCUT2D eigenvalue weighted by Crippen LogP contribution is 2.61. The smallest absolute Gasteiger partial charge is 0.132 e. The van der Waals surface area contributed by atoms with Gasteiger partial charge in [0.15, 0.2) is 0 Å². The van der Waals surface area contributed by atoms with E-state index in [4.69, 9.17) is 4.74 Å². The molecule has 1 unspecified atom stereocenters. The third-order valence-electron chi connectivity index (χ3n) is 6.10. The van der Waals surface area contributed by atoms with Gasteiger partial charge in [-0.05, 0) is 64.9 Å². The van der Waals surface area contributed by atoms with E-state index in [0.29, 0.717) is 0 Å². The summed E-state index contributed by atoms with van der Waals surface area (Å²) < 4.78 is 7.48. The van der Waals surface area contributed by atoms with Gasteiger partial charge in [0.05, 0.1) is 5.41 Å². The van der Waals surface area contributed by atoms with Gasteiger partial charge in [-0.15, -0.1) is 0 Å². The Hall–Kier alpha value is -2.58. The minimum absolute atomic E-state index is 0.273. The summed E-state index contributed by atoms with van der Waals surface area (Å²) in [5.74, 6) is 1.98. The second-order valence-corrected chi connectivity index (χ2v) is 8.28. The number of allylic oxidation sites excluding steroid dienone is 3. The number of benzene rings is 3. The number of hydrogen-bond donors (Lipinski definition) is 0. The number of halogens is 1. The number of ether oxygens (including phenoxy) is 1. The molecule has 0 amide bonds. The van der Waals surface area contributed by atoms with E-state index < -0.39 is 0 Å². The number of para-hydroxylation sites is 1. The SMILES string of the molecule is Brc1ccc2c(c1)C1(C3=C(C=CCC3)Oc3ccccc31)c1ccccc1-2. The average Bonchev–Trinajstić information content (AvgIpc) is 2.99. The summed E-state index contributed by atoms with van der Waals surface area (Å²) >= 11 is 3.73. The van der Waals surface area contributed by atoms with E-state index in [0.717, 1.165) is 28.8 Å². The maximum Gasteiger partial charge on any atom is 0.132 e. The van der Waals surface area contributed by atoms with Crippen LogP contribution in [0.4, 0.5) is 0 Å². The van der Waals surface area contributed by atoms with Crippen molar-refractivity contribution in [3.8, 4) is 16.9 Å². The monoisotopic (exact) mass is 412 g/mol. The Morgan fingerprint density at radius 3 is 2.52 bits per heavy atom. The summed E-state index contributed by atoms with van der Waals surface area (Å²) in [6.07, 6.45) is 6.45. The highest BCUT2D eigenvalue weighted by atomic mass is 79.9. The molecule has 1 atom stereocenters.